The predicted octanol–water partition coefficient (Wildman–Crippen LogP) is 2.34. The van der Waals surface area contributed by atoms with Crippen LogP contribution in [0.4, 0.5) is 0 Å². The molecule has 0 radical (unpaired) electrons. The largest absolute Gasteiger partial charge is 0.250 e. The maximum atomic E-state index is 4.22. The summed E-state index contributed by atoms with van der Waals surface area (Å²) in [5.74, 6) is 0.679. The summed E-state index contributed by atoms with van der Waals surface area (Å²) in [6, 6.07) is 14.5. The maximum Gasteiger partial charge on any atom is 0.250 e. The van der Waals surface area contributed by atoms with Gasteiger partial charge in [-0.15, -0.1) is 0 Å². The topological polar surface area (TPSA) is 42.6 Å². The van der Waals surface area contributed by atoms with E-state index in [1.807, 2.05) is 19.2 Å². The lowest BCUT2D eigenvalue weighted by atomic mass is 10.0. The highest BCUT2D eigenvalue weighted by atomic mass is 15.0. The Kier molecular flexibility index (Phi) is 3.21. The summed E-state index contributed by atoms with van der Waals surface area (Å²) < 4.78 is 2.11. The SMILES string of the molecule is Cc1ccccc1-c1cccc(-c2ncncn2)[n+]1C. The molecule has 1 aromatic carbocycles. The van der Waals surface area contributed by atoms with Crippen molar-refractivity contribution < 1.29 is 4.57 Å². The van der Waals surface area contributed by atoms with Crippen LogP contribution in [0.1, 0.15) is 5.56 Å². The lowest BCUT2D eigenvalue weighted by Gasteiger charge is -2.06. The smallest absolute Gasteiger partial charge is 0.225 e. The molecule has 4 heteroatoms. The minimum absolute atomic E-state index is 0.679. The second kappa shape index (κ2) is 5.17. The van der Waals surface area contributed by atoms with Crippen LogP contribution in [0.25, 0.3) is 22.8 Å². The van der Waals surface area contributed by atoms with E-state index in [9.17, 15) is 0 Å². The Morgan fingerprint density at radius 2 is 1.55 bits per heavy atom. The van der Waals surface area contributed by atoms with Gasteiger partial charge in [0.25, 0.3) is 5.69 Å². The van der Waals surface area contributed by atoms with E-state index in [1.165, 1.54) is 23.8 Å². The predicted molar refractivity (Wildman–Crippen MR) is 76.6 cm³/mol. The Balaban J connectivity index is 2.19. The van der Waals surface area contributed by atoms with Gasteiger partial charge in [0.2, 0.25) is 11.5 Å². The third-order valence-corrected chi connectivity index (χ3v) is 3.37. The van der Waals surface area contributed by atoms with Crippen LogP contribution >= 0.6 is 0 Å². The number of hydrogen-bond donors (Lipinski definition) is 0. The molecule has 0 aliphatic heterocycles. The maximum absolute atomic E-state index is 4.22. The van der Waals surface area contributed by atoms with Gasteiger partial charge >= 0.3 is 0 Å². The van der Waals surface area contributed by atoms with Crippen molar-refractivity contribution in [1.29, 1.82) is 0 Å². The zero-order chi connectivity index (χ0) is 13.9. The summed E-state index contributed by atoms with van der Waals surface area (Å²) in [6.07, 6.45) is 3.03. The van der Waals surface area contributed by atoms with Gasteiger partial charge in [-0.3, -0.25) is 0 Å². The van der Waals surface area contributed by atoms with E-state index in [0.29, 0.717) is 5.82 Å². The van der Waals surface area contributed by atoms with Crippen LogP contribution in [0.3, 0.4) is 0 Å². The highest BCUT2D eigenvalue weighted by Crippen LogP contribution is 2.21. The van der Waals surface area contributed by atoms with Crippen molar-refractivity contribution in [3.8, 4) is 22.8 Å². The zero-order valence-corrected chi connectivity index (χ0v) is 11.5. The number of rotatable bonds is 2. The Morgan fingerprint density at radius 3 is 2.30 bits per heavy atom. The van der Waals surface area contributed by atoms with E-state index in [2.05, 4.69) is 56.8 Å². The van der Waals surface area contributed by atoms with Gasteiger partial charge in [-0.1, -0.05) is 18.2 Å². The molecule has 0 unspecified atom stereocenters. The number of nitrogens with zero attached hydrogens (tertiary/aromatic N) is 4. The first kappa shape index (κ1) is 12.4. The van der Waals surface area contributed by atoms with E-state index in [4.69, 9.17) is 0 Å². The first-order chi connectivity index (χ1) is 9.77. The average molecular weight is 263 g/mol. The van der Waals surface area contributed by atoms with E-state index in [1.54, 1.807) is 0 Å². The molecule has 0 aliphatic carbocycles. The fourth-order valence-electron chi connectivity index (χ4n) is 2.31. The number of pyridine rings is 1. The summed E-state index contributed by atoms with van der Waals surface area (Å²) in [4.78, 5) is 12.3. The number of aryl methyl sites for hydroxylation is 1. The standard InChI is InChI=1S/C16H15N4/c1-12-6-3-4-7-13(12)14-8-5-9-15(20(14)2)16-18-10-17-11-19-16/h3-11H,1-2H3/q+1. The normalized spacial score (nSPS) is 10.5. The lowest BCUT2D eigenvalue weighted by Crippen LogP contribution is -2.34. The molecular weight excluding hydrogens is 248 g/mol. The molecule has 3 aromatic rings. The fraction of sp³-hybridized carbons (Fsp3) is 0.125. The minimum atomic E-state index is 0.679. The molecule has 2 aromatic heterocycles. The molecule has 0 atom stereocenters. The van der Waals surface area contributed by atoms with Gasteiger partial charge in [0.05, 0.1) is 0 Å². The molecule has 0 saturated carbocycles. The van der Waals surface area contributed by atoms with Crippen molar-refractivity contribution in [2.45, 2.75) is 6.92 Å². The van der Waals surface area contributed by atoms with Crippen molar-refractivity contribution in [3.05, 3.63) is 60.7 Å². The summed E-state index contributed by atoms with van der Waals surface area (Å²) in [6.45, 7) is 2.12. The van der Waals surface area contributed by atoms with Gasteiger partial charge in [0, 0.05) is 17.7 Å². The Labute approximate surface area is 117 Å². The second-order valence-electron chi connectivity index (χ2n) is 4.63. The molecule has 4 nitrogen and oxygen atoms in total. The van der Waals surface area contributed by atoms with Crippen LogP contribution in [-0.4, -0.2) is 15.0 Å². The van der Waals surface area contributed by atoms with E-state index in [-0.39, 0.29) is 0 Å². The van der Waals surface area contributed by atoms with Gasteiger partial charge in [0.1, 0.15) is 19.7 Å². The van der Waals surface area contributed by atoms with Crippen molar-refractivity contribution in [3.63, 3.8) is 0 Å². The van der Waals surface area contributed by atoms with E-state index in [0.717, 1.165) is 11.4 Å². The van der Waals surface area contributed by atoms with Crippen molar-refractivity contribution in [1.82, 2.24) is 15.0 Å². The monoisotopic (exact) mass is 263 g/mol. The highest BCUT2D eigenvalue weighted by molar-refractivity contribution is 5.62. The van der Waals surface area contributed by atoms with Gasteiger partial charge in [0.15, 0.2) is 0 Å². The zero-order valence-electron chi connectivity index (χ0n) is 11.5. The fourth-order valence-corrected chi connectivity index (χ4v) is 2.31. The molecular formula is C16H15N4+. The third kappa shape index (κ3) is 2.16. The molecule has 0 bridgehead atoms. The van der Waals surface area contributed by atoms with Crippen LogP contribution in [0.2, 0.25) is 0 Å². The Bertz CT molecular complexity index is 738. The minimum Gasteiger partial charge on any atom is -0.225 e. The quantitative estimate of drug-likeness (QED) is 0.666. The van der Waals surface area contributed by atoms with Crippen LogP contribution in [0.5, 0.6) is 0 Å². The summed E-state index contributed by atoms with van der Waals surface area (Å²) in [5, 5.41) is 0. The van der Waals surface area contributed by atoms with Gasteiger partial charge in [-0.25, -0.2) is 15.0 Å². The molecule has 0 saturated heterocycles. The third-order valence-electron chi connectivity index (χ3n) is 3.37. The number of hydrogen-bond acceptors (Lipinski definition) is 3. The van der Waals surface area contributed by atoms with E-state index >= 15 is 0 Å². The van der Waals surface area contributed by atoms with Crippen molar-refractivity contribution >= 4 is 0 Å². The molecule has 3 rings (SSSR count). The lowest BCUT2D eigenvalue weighted by molar-refractivity contribution is -0.649. The summed E-state index contributed by atoms with van der Waals surface area (Å²) >= 11 is 0. The first-order valence-electron chi connectivity index (χ1n) is 6.45. The molecule has 0 spiro atoms. The van der Waals surface area contributed by atoms with Crippen molar-refractivity contribution in [2.24, 2.45) is 7.05 Å². The van der Waals surface area contributed by atoms with Gasteiger partial charge < -0.3 is 0 Å². The molecule has 0 aliphatic rings. The molecule has 0 amide bonds. The van der Waals surface area contributed by atoms with Crippen LogP contribution < -0.4 is 4.57 Å². The summed E-state index contributed by atoms with van der Waals surface area (Å²) in [7, 11) is 2.03. The second-order valence-corrected chi connectivity index (χ2v) is 4.63. The molecule has 2 heterocycles. The Hall–Kier alpha value is -2.62. The van der Waals surface area contributed by atoms with Gasteiger partial charge in [-0.2, -0.15) is 4.57 Å². The van der Waals surface area contributed by atoms with Crippen LogP contribution in [0, 0.1) is 6.92 Å². The van der Waals surface area contributed by atoms with Crippen LogP contribution in [0.15, 0.2) is 55.1 Å². The molecule has 20 heavy (non-hydrogen) atoms. The van der Waals surface area contributed by atoms with Gasteiger partial charge in [-0.05, 0) is 24.6 Å². The molecule has 0 fully saturated rings. The first-order valence-corrected chi connectivity index (χ1v) is 6.45. The van der Waals surface area contributed by atoms with E-state index < -0.39 is 0 Å². The highest BCUT2D eigenvalue weighted by Gasteiger charge is 2.18. The average Bonchev–Trinajstić information content (AvgIpc) is 2.49. The number of aromatic nitrogens is 4. The molecule has 0 N–H and O–H groups in total. The number of benzene rings is 1. The van der Waals surface area contributed by atoms with Crippen molar-refractivity contribution in [2.75, 3.05) is 0 Å². The summed E-state index contributed by atoms with van der Waals surface area (Å²) in [5.41, 5.74) is 4.57. The van der Waals surface area contributed by atoms with Crippen LogP contribution in [-0.2, 0) is 7.05 Å². The Morgan fingerprint density at radius 1 is 0.850 bits per heavy atom. The molecule has 98 valence electrons.